The van der Waals surface area contributed by atoms with Crippen LogP contribution >= 0.6 is 0 Å². The van der Waals surface area contributed by atoms with Gasteiger partial charge in [0.2, 0.25) is 0 Å². The highest BCUT2D eigenvalue weighted by molar-refractivity contribution is 5.95. The van der Waals surface area contributed by atoms with Gasteiger partial charge in [-0.2, -0.15) is 0 Å². The molecule has 1 aliphatic rings. The number of hydrogen-bond donors (Lipinski definition) is 2. The van der Waals surface area contributed by atoms with Crippen LogP contribution in [0.3, 0.4) is 0 Å². The maximum absolute atomic E-state index is 14.3. The number of benzene rings is 3. The highest BCUT2D eigenvalue weighted by Gasteiger charge is 2.13. The molecule has 9 heteroatoms. The molecule has 37 heavy (non-hydrogen) atoms. The van der Waals surface area contributed by atoms with Gasteiger partial charge >= 0.3 is 0 Å². The van der Waals surface area contributed by atoms with Gasteiger partial charge in [-0.05, 0) is 42.3 Å². The first-order valence-corrected chi connectivity index (χ1v) is 12.3. The average Bonchev–Trinajstić information content (AvgIpc) is 2.91. The Morgan fingerprint density at radius 1 is 1.03 bits per heavy atom. The number of fused-ring (bicyclic) bond motifs is 1. The molecule has 0 atom stereocenters. The van der Waals surface area contributed by atoms with Crippen LogP contribution in [0.5, 0.6) is 5.75 Å². The van der Waals surface area contributed by atoms with E-state index in [1.807, 2.05) is 31.3 Å². The normalized spacial score (nSPS) is 14.0. The molecular weight excluding hydrogens is 476 g/mol. The number of hydrogen-bond acceptors (Lipinski definition) is 7. The van der Waals surface area contributed by atoms with Gasteiger partial charge in [0.15, 0.2) is 0 Å². The van der Waals surface area contributed by atoms with E-state index in [-0.39, 0.29) is 0 Å². The zero-order chi connectivity index (χ0) is 25.6. The lowest BCUT2D eigenvalue weighted by atomic mass is 10.0. The van der Waals surface area contributed by atoms with Crippen molar-refractivity contribution in [1.29, 1.82) is 0 Å². The third-order valence-corrected chi connectivity index (χ3v) is 6.35. The van der Waals surface area contributed by atoms with Crippen LogP contribution in [-0.4, -0.2) is 61.4 Å². The molecule has 192 valence electrons. The largest absolute Gasteiger partial charge is 0.491 e. The summed E-state index contributed by atoms with van der Waals surface area (Å²) in [7, 11) is 1.85. The minimum Gasteiger partial charge on any atom is -0.491 e. The fourth-order valence-corrected chi connectivity index (χ4v) is 4.42. The molecule has 0 spiro atoms. The van der Waals surface area contributed by atoms with Gasteiger partial charge in [-0.25, -0.2) is 18.7 Å². The van der Waals surface area contributed by atoms with E-state index in [4.69, 9.17) is 9.47 Å². The summed E-state index contributed by atoms with van der Waals surface area (Å²) in [6.07, 6.45) is 2.41. The van der Waals surface area contributed by atoms with Crippen molar-refractivity contribution in [1.82, 2.24) is 14.9 Å². The fraction of sp³-hybridized carbons (Fsp3) is 0.286. The van der Waals surface area contributed by atoms with Crippen LogP contribution in [0.15, 0.2) is 60.9 Å². The van der Waals surface area contributed by atoms with Crippen molar-refractivity contribution in [3.8, 4) is 16.9 Å². The summed E-state index contributed by atoms with van der Waals surface area (Å²) < 4.78 is 39.2. The number of rotatable bonds is 9. The summed E-state index contributed by atoms with van der Waals surface area (Å²) in [6, 6.07) is 14.7. The molecule has 2 heterocycles. The summed E-state index contributed by atoms with van der Waals surface area (Å²) in [5.41, 5.74) is 3.24. The Hall–Kier alpha value is -3.82. The molecule has 0 saturated carbocycles. The third kappa shape index (κ3) is 5.95. The van der Waals surface area contributed by atoms with Gasteiger partial charge in [-0.15, -0.1) is 0 Å². The van der Waals surface area contributed by atoms with Crippen molar-refractivity contribution in [3.05, 3.63) is 72.6 Å². The summed E-state index contributed by atoms with van der Waals surface area (Å²) in [6.45, 7) is 5.08. The number of morpholine rings is 1. The second-order valence-electron chi connectivity index (χ2n) is 8.82. The summed E-state index contributed by atoms with van der Waals surface area (Å²) in [5.74, 6) is 0.122. The molecule has 5 rings (SSSR count). The third-order valence-electron chi connectivity index (χ3n) is 6.35. The molecule has 0 aliphatic carbocycles. The van der Waals surface area contributed by atoms with Gasteiger partial charge < -0.3 is 20.1 Å². The predicted molar refractivity (Wildman–Crippen MR) is 142 cm³/mol. The fourth-order valence-electron chi connectivity index (χ4n) is 4.42. The first kappa shape index (κ1) is 24.9. The molecule has 1 saturated heterocycles. The Morgan fingerprint density at radius 2 is 1.89 bits per heavy atom. The van der Waals surface area contributed by atoms with E-state index >= 15 is 0 Å². The molecule has 0 unspecified atom stereocenters. The Kier molecular flexibility index (Phi) is 7.72. The van der Waals surface area contributed by atoms with Crippen LogP contribution in [0.25, 0.3) is 22.0 Å². The van der Waals surface area contributed by atoms with Crippen LogP contribution in [-0.2, 0) is 4.74 Å². The van der Waals surface area contributed by atoms with Crippen molar-refractivity contribution >= 4 is 28.1 Å². The SMILES string of the molecule is CNc1cc2c(Nc3cccc(-c4ccc(F)cc4F)c3)ncnc2cc1OCCCN1CCOCC1. The highest BCUT2D eigenvalue weighted by atomic mass is 19.1. The molecule has 1 aromatic heterocycles. The summed E-state index contributed by atoms with van der Waals surface area (Å²) >= 11 is 0. The molecular formula is C28H29F2N5O2. The number of nitrogens with zero attached hydrogens (tertiary/aromatic N) is 3. The number of aromatic nitrogens is 2. The molecule has 1 fully saturated rings. The lowest BCUT2D eigenvalue weighted by Gasteiger charge is -2.26. The van der Waals surface area contributed by atoms with Crippen LogP contribution in [0.4, 0.5) is 26.0 Å². The van der Waals surface area contributed by atoms with E-state index in [2.05, 4.69) is 25.5 Å². The zero-order valence-corrected chi connectivity index (χ0v) is 20.6. The molecule has 0 bridgehead atoms. The molecule has 4 aromatic rings. The van der Waals surface area contributed by atoms with Gasteiger partial charge in [-0.3, -0.25) is 4.90 Å². The number of ether oxygens (including phenoxy) is 2. The molecule has 7 nitrogen and oxygen atoms in total. The molecule has 0 amide bonds. The Morgan fingerprint density at radius 3 is 2.70 bits per heavy atom. The van der Waals surface area contributed by atoms with Crippen molar-refractivity contribution in [3.63, 3.8) is 0 Å². The molecule has 2 N–H and O–H groups in total. The second kappa shape index (κ2) is 11.5. The van der Waals surface area contributed by atoms with E-state index in [1.165, 1.54) is 18.5 Å². The maximum Gasteiger partial charge on any atom is 0.144 e. The van der Waals surface area contributed by atoms with Gasteiger partial charge in [0.05, 0.1) is 31.0 Å². The Bertz CT molecular complexity index is 1380. The maximum atomic E-state index is 14.3. The van der Waals surface area contributed by atoms with Crippen molar-refractivity contribution < 1.29 is 18.3 Å². The topological polar surface area (TPSA) is 71.5 Å². The highest BCUT2D eigenvalue weighted by Crippen LogP contribution is 2.34. The standard InChI is InChI=1S/C28H29F2N5O2/c1-31-26-16-23-25(17-27(26)37-11-3-8-35-9-12-36-13-10-35)32-18-33-28(23)34-21-5-2-4-19(14-21)22-7-6-20(29)15-24(22)30/h2,4-7,14-18,31H,3,8-13H2,1H3,(H,32,33,34). The van der Waals surface area contributed by atoms with Crippen LogP contribution in [0.2, 0.25) is 0 Å². The van der Waals surface area contributed by atoms with E-state index in [1.54, 1.807) is 12.1 Å². The number of nitrogens with one attached hydrogen (secondary N) is 2. The van der Waals surface area contributed by atoms with Crippen LogP contribution in [0.1, 0.15) is 6.42 Å². The number of anilines is 3. The van der Waals surface area contributed by atoms with Gasteiger partial charge in [0.1, 0.15) is 29.5 Å². The van der Waals surface area contributed by atoms with Crippen LogP contribution < -0.4 is 15.4 Å². The minimum absolute atomic E-state index is 0.325. The van der Waals surface area contributed by atoms with E-state index in [9.17, 15) is 8.78 Å². The monoisotopic (exact) mass is 505 g/mol. The smallest absolute Gasteiger partial charge is 0.144 e. The average molecular weight is 506 g/mol. The van der Waals surface area contributed by atoms with Crippen LogP contribution in [0, 0.1) is 11.6 Å². The first-order valence-electron chi connectivity index (χ1n) is 12.3. The van der Waals surface area contributed by atoms with Crippen molar-refractivity contribution in [2.45, 2.75) is 6.42 Å². The molecule has 1 aliphatic heterocycles. The van der Waals surface area contributed by atoms with Crippen molar-refractivity contribution in [2.24, 2.45) is 0 Å². The van der Waals surface area contributed by atoms with E-state index < -0.39 is 11.6 Å². The van der Waals surface area contributed by atoms with E-state index in [0.29, 0.717) is 23.6 Å². The van der Waals surface area contributed by atoms with Crippen molar-refractivity contribution in [2.75, 3.05) is 57.1 Å². The summed E-state index contributed by atoms with van der Waals surface area (Å²) in [5, 5.41) is 7.33. The lowest BCUT2D eigenvalue weighted by Crippen LogP contribution is -2.37. The molecule has 0 radical (unpaired) electrons. The van der Waals surface area contributed by atoms with Gasteiger partial charge in [0, 0.05) is 55.5 Å². The second-order valence-corrected chi connectivity index (χ2v) is 8.82. The zero-order valence-electron chi connectivity index (χ0n) is 20.6. The molecule has 3 aromatic carbocycles. The summed E-state index contributed by atoms with van der Waals surface area (Å²) in [4.78, 5) is 11.3. The number of halogens is 2. The Balaban J connectivity index is 1.33. The first-order chi connectivity index (χ1) is 18.1. The van der Waals surface area contributed by atoms with Gasteiger partial charge in [0.25, 0.3) is 0 Å². The Labute approximate surface area is 214 Å². The lowest BCUT2D eigenvalue weighted by molar-refractivity contribution is 0.0358. The minimum atomic E-state index is -0.610. The predicted octanol–water partition coefficient (Wildman–Crippen LogP) is 5.46. The van der Waals surface area contributed by atoms with Gasteiger partial charge in [-0.1, -0.05) is 12.1 Å². The quantitative estimate of drug-likeness (QED) is 0.293. The van der Waals surface area contributed by atoms with E-state index in [0.717, 1.165) is 73.4 Å².